The van der Waals surface area contributed by atoms with Crippen LogP contribution in [0.1, 0.15) is 19.3 Å². The lowest BCUT2D eigenvalue weighted by Crippen LogP contribution is -2.31. The molecular formula is C8H16NO4P. The number of esters is 2. The molecule has 0 spiro atoms. The first-order valence-corrected chi connectivity index (χ1v) is 4.84. The molecule has 5 nitrogen and oxygen atoms in total. The van der Waals surface area contributed by atoms with Crippen LogP contribution in [-0.4, -0.2) is 32.2 Å². The Labute approximate surface area is 85.8 Å². The Morgan fingerprint density at radius 2 is 2.00 bits per heavy atom. The molecule has 0 heterocycles. The van der Waals surface area contributed by atoms with Gasteiger partial charge in [-0.2, -0.15) is 0 Å². The lowest BCUT2D eigenvalue weighted by atomic mass is 10.1. The van der Waals surface area contributed by atoms with Crippen LogP contribution in [-0.2, 0) is 19.1 Å². The minimum Gasteiger partial charge on any atom is -0.469 e. The molecule has 0 bridgehead atoms. The second-order valence-electron chi connectivity index (χ2n) is 2.71. The maximum absolute atomic E-state index is 11.1. The Balaban J connectivity index is 3.73. The molecule has 0 aromatic heterocycles. The van der Waals surface area contributed by atoms with E-state index < -0.39 is 0 Å². The molecule has 0 rings (SSSR count). The van der Waals surface area contributed by atoms with Gasteiger partial charge in [-0.1, -0.05) is 9.39 Å². The van der Waals surface area contributed by atoms with Crippen molar-refractivity contribution in [1.82, 2.24) is 5.09 Å². The van der Waals surface area contributed by atoms with E-state index >= 15 is 0 Å². The first-order chi connectivity index (χ1) is 6.65. The predicted octanol–water partition coefficient (Wildman–Crippen LogP) is 0.251. The average molecular weight is 221 g/mol. The SMILES string of the molecule is COC(=O)CCC[C@H](NP)C(=O)OC. The van der Waals surface area contributed by atoms with Crippen molar-refractivity contribution in [3.05, 3.63) is 0 Å². The van der Waals surface area contributed by atoms with Crippen molar-refractivity contribution >= 4 is 21.3 Å². The van der Waals surface area contributed by atoms with Gasteiger partial charge in [0.15, 0.2) is 0 Å². The van der Waals surface area contributed by atoms with E-state index in [-0.39, 0.29) is 18.0 Å². The van der Waals surface area contributed by atoms with Crippen molar-refractivity contribution < 1.29 is 19.1 Å². The normalized spacial score (nSPS) is 11.9. The van der Waals surface area contributed by atoms with Crippen LogP contribution in [0.3, 0.4) is 0 Å². The van der Waals surface area contributed by atoms with Gasteiger partial charge in [-0.05, 0) is 12.8 Å². The Kier molecular flexibility index (Phi) is 7.34. The van der Waals surface area contributed by atoms with Gasteiger partial charge in [0.2, 0.25) is 0 Å². The molecule has 14 heavy (non-hydrogen) atoms. The van der Waals surface area contributed by atoms with Crippen LogP contribution < -0.4 is 5.09 Å². The van der Waals surface area contributed by atoms with Gasteiger partial charge in [0, 0.05) is 6.42 Å². The molecular weight excluding hydrogens is 205 g/mol. The Morgan fingerprint density at radius 3 is 2.43 bits per heavy atom. The summed E-state index contributed by atoms with van der Waals surface area (Å²) in [5.74, 6) is -0.595. The summed E-state index contributed by atoms with van der Waals surface area (Å²) in [5.41, 5.74) is 0. The van der Waals surface area contributed by atoms with Gasteiger partial charge in [0.25, 0.3) is 0 Å². The van der Waals surface area contributed by atoms with Gasteiger partial charge in [-0.25, -0.2) is 0 Å². The summed E-state index contributed by atoms with van der Waals surface area (Å²) in [6.45, 7) is 0. The monoisotopic (exact) mass is 221 g/mol. The number of rotatable bonds is 6. The van der Waals surface area contributed by atoms with Crippen LogP contribution in [0.5, 0.6) is 0 Å². The smallest absolute Gasteiger partial charge is 0.323 e. The zero-order chi connectivity index (χ0) is 11.0. The summed E-state index contributed by atoms with van der Waals surface area (Å²) in [7, 11) is 4.93. The van der Waals surface area contributed by atoms with Crippen molar-refractivity contribution in [1.29, 1.82) is 0 Å². The van der Waals surface area contributed by atoms with E-state index in [1.54, 1.807) is 0 Å². The third kappa shape index (κ3) is 5.14. The summed E-state index contributed by atoms with van der Waals surface area (Å²) in [5, 5.41) is 2.73. The molecule has 0 fully saturated rings. The molecule has 6 heteroatoms. The molecule has 0 aliphatic heterocycles. The summed E-state index contributed by atoms with van der Waals surface area (Å²) in [4.78, 5) is 21.8. The van der Waals surface area contributed by atoms with E-state index in [0.717, 1.165) is 0 Å². The van der Waals surface area contributed by atoms with Crippen LogP contribution in [0.15, 0.2) is 0 Å². The Morgan fingerprint density at radius 1 is 1.36 bits per heavy atom. The highest BCUT2D eigenvalue weighted by Crippen LogP contribution is 2.04. The number of hydrogen-bond acceptors (Lipinski definition) is 5. The van der Waals surface area contributed by atoms with Crippen molar-refractivity contribution in [2.45, 2.75) is 25.3 Å². The molecule has 0 saturated heterocycles. The van der Waals surface area contributed by atoms with Crippen molar-refractivity contribution in [2.24, 2.45) is 0 Å². The van der Waals surface area contributed by atoms with Crippen molar-refractivity contribution in [3.63, 3.8) is 0 Å². The molecule has 1 N–H and O–H groups in total. The van der Waals surface area contributed by atoms with Crippen LogP contribution in [0.2, 0.25) is 0 Å². The first-order valence-electron chi connectivity index (χ1n) is 4.26. The molecule has 1 unspecified atom stereocenters. The average Bonchev–Trinajstić information content (AvgIpc) is 2.22. The van der Waals surface area contributed by atoms with Gasteiger partial charge in [0.1, 0.15) is 6.04 Å². The number of nitrogens with one attached hydrogen (secondary N) is 1. The fourth-order valence-corrected chi connectivity index (χ4v) is 1.27. The van der Waals surface area contributed by atoms with Crippen molar-refractivity contribution in [2.75, 3.05) is 14.2 Å². The zero-order valence-corrected chi connectivity index (χ0v) is 9.56. The molecule has 0 amide bonds. The fourth-order valence-electron chi connectivity index (χ4n) is 0.964. The van der Waals surface area contributed by atoms with E-state index in [2.05, 4.69) is 24.0 Å². The molecule has 2 atom stereocenters. The molecule has 0 saturated carbocycles. The summed E-state index contributed by atoms with van der Waals surface area (Å²) in [6.07, 6.45) is 1.45. The highest BCUT2D eigenvalue weighted by molar-refractivity contribution is 7.13. The lowest BCUT2D eigenvalue weighted by molar-refractivity contribution is -0.144. The quantitative estimate of drug-likeness (QED) is 0.514. The number of hydrogen-bond donors (Lipinski definition) is 1. The second kappa shape index (κ2) is 7.71. The Bertz CT molecular complexity index is 198. The highest BCUT2D eigenvalue weighted by Gasteiger charge is 2.16. The third-order valence-corrected chi connectivity index (χ3v) is 2.19. The van der Waals surface area contributed by atoms with E-state index in [9.17, 15) is 9.59 Å². The molecule has 82 valence electrons. The van der Waals surface area contributed by atoms with Gasteiger partial charge in [-0.15, -0.1) is 0 Å². The molecule has 0 radical (unpaired) electrons. The third-order valence-electron chi connectivity index (χ3n) is 1.79. The number of methoxy groups -OCH3 is 2. The largest absolute Gasteiger partial charge is 0.469 e. The Hall–Kier alpha value is -0.670. The number of carbonyl (C=O) groups is 2. The second-order valence-corrected chi connectivity index (χ2v) is 3.04. The van der Waals surface area contributed by atoms with E-state index in [0.29, 0.717) is 19.3 Å². The molecule has 0 aromatic rings. The molecule has 0 aliphatic carbocycles. The van der Waals surface area contributed by atoms with Crippen LogP contribution in [0, 0.1) is 0 Å². The summed E-state index contributed by atoms with van der Waals surface area (Å²) in [6, 6.07) is -0.380. The minimum absolute atomic E-state index is 0.266. The van der Waals surface area contributed by atoms with Crippen LogP contribution >= 0.6 is 9.39 Å². The van der Waals surface area contributed by atoms with Gasteiger partial charge in [0.05, 0.1) is 14.2 Å². The topological polar surface area (TPSA) is 64.6 Å². The van der Waals surface area contributed by atoms with Gasteiger partial charge < -0.3 is 9.47 Å². The highest BCUT2D eigenvalue weighted by atomic mass is 31.0. The van der Waals surface area contributed by atoms with Crippen molar-refractivity contribution in [3.8, 4) is 0 Å². The number of carbonyl (C=O) groups excluding carboxylic acids is 2. The van der Waals surface area contributed by atoms with Crippen LogP contribution in [0.4, 0.5) is 0 Å². The van der Waals surface area contributed by atoms with E-state index in [1.165, 1.54) is 14.2 Å². The van der Waals surface area contributed by atoms with E-state index in [4.69, 9.17) is 0 Å². The maximum atomic E-state index is 11.1. The maximum Gasteiger partial charge on any atom is 0.323 e. The van der Waals surface area contributed by atoms with Crippen LogP contribution in [0.25, 0.3) is 0 Å². The lowest BCUT2D eigenvalue weighted by Gasteiger charge is -2.12. The zero-order valence-electron chi connectivity index (χ0n) is 8.41. The van der Waals surface area contributed by atoms with Gasteiger partial charge >= 0.3 is 11.9 Å². The molecule has 0 aliphatic rings. The summed E-state index contributed by atoms with van der Waals surface area (Å²) < 4.78 is 9.03. The first kappa shape index (κ1) is 13.3. The number of ether oxygens (including phenoxy) is 2. The van der Waals surface area contributed by atoms with Gasteiger partial charge in [-0.3, -0.25) is 14.7 Å². The summed E-state index contributed by atoms with van der Waals surface area (Å²) >= 11 is 0. The minimum atomic E-state index is -0.380. The van der Waals surface area contributed by atoms with E-state index in [1.807, 2.05) is 0 Å². The molecule has 0 aromatic carbocycles. The predicted molar refractivity (Wildman–Crippen MR) is 54.5 cm³/mol. The fraction of sp³-hybridized carbons (Fsp3) is 0.750. The standard InChI is InChI=1S/C8H16NO4P/c1-12-7(10)5-3-4-6(9-14)8(11)13-2/h6,9H,3-5,14H2,1-2H3/t6-/m0/s1.